The van der Waals surface area contributed by atoms with E-state index in [2.05, 4.69) is 5.32 Å². The summed E-state index contributed by atoms with van der Waals surface area (Å²) >= 11 is 3.28. The van der Waals surface area contributed by atoms with Crippen molar-refractivity contribution < 1.29 is 24.9 Å². The third kappa shape index (κ3) is 3.52. The first-order valence-electron chi connectivity index (χ1n) is 8.94. The zero-order chi connectivity index (χ0) is 19.0. The number of carboxylic acids is 1. The van der Waals surface area contributed by atoms with Crippen LogP contribution in [0.3, 0.4) is 0 Å². The molecule has 0 radical (unpaired) electrons. The van der Waals surface area contributed by atoms with Crippen molar-refractivity contribution in [3.63, 3.8) is 0 Å². The molecule has 146 valence electrons. The summed E-state index contributed by atoms with van der Waals surface area (Å²) in [5, 5.41) is 32.2. The highest BCUT2D eigenvalue weighted by molar-refractivity contribution is 8.03. The molecule has 1 amide bonds. The molecule has 2 saturated heterocycles. The number of carbonyl (C=O) groups excluding carboxylic acids is 1. The van der Waals surface area contributed by atoms with Gasteiger partial charge < -0.3 is 25.5 Å². The number of rotatable bonds is 8. The van der Waals surface area contributed by atoms with Crippen molar-refractivity contribution in [1.82, 2.24) is 10.2 Å². The molecule has 9 heteroatoms. The summed E-state index contributed by atoms with van der Waals surface area (Å²) in [6.45, 7) is 4.52. The summed E-state index contributed by atoms with van der Waals surface area (Å²) < 4.78 is 0. The van der Waals surface area contributed by atoms with Crippen molar-refractivity contribution in [1.29, 1.82) is 0 Å². The van der Waals surface area contributed by atoms with Crippen LogP contribution in [0.1, 0.15) is 20.3 Å². The summed E-state index contributed by atoms with van der Waals surface area (Å²) in [6.07, 6.45) is 0.164. The van der Waals surface area contributed by atoms with Crippen molar-refractivity contribution >= 4 is 35.4 Å². The minimum atomic E-state index is -1.07. The Hall–Kier alpha value is -0.740. The van der Waals surface area contributed by atoms with Gasteiger partial charge in [0.15, 0.2) is 0 Å². The second-order valence-corrected chi connectivity index (χ2v) is 9.64. The Balaban J connectivity index is 1.69. The quantitative estimate of drug-likeness (QED) is 0.340. The second-order valence-electron chi connectivity index (χ2n) is 7.15. The van der Waals surface area contributed by atoms with E-state index in [0.717, 1.165) is 29.4 Å². The topological polar surface area (TPSA) is 110 Å². The van der Waals surface area contributed by atoms with E-state index in [-0.39, 0.29) is 35.4 Å². The van der Waals surface area contributed by atoms with Gasteiger partial charge >= 0.3 is 5.97 Å². The molecule has 0 saturated carbocycles. The second kappa shape index (κ2) is 8.10. The van der Waals surface area contributed by atoms with Crippen molar-refractivity contribution in [3.8, 4) is 0 Å². The molecular formula is C17H26N2O5S2. The molecular weight excluding hydrogens is 376 g/mol. The zero-order valence-electron chi connectivity index (χ0n) is 14.9. The van der Waals surface area contributed by atoms with Gasteiger partial charge in [-0.15, -0.1) is 11.8 Å². The maximum absolute atomic E-state index is 12.4. The molecule has 0 spiro atoms. The van der Waals surface area contributed by atoms with Gasteiger partial charge in [0, 0.05) is 40.2 Å². The van der Waals surface area contributed by atoms with E-state index in [1.165, 1.54) is 4.90 Å². The van der Waals surface area contributed by atoms with E-state index in [4.69, 9.17) is 5.11 Å². The molecule has 26 heavy (non-hydrogen) atoms. The molecule has 0 unspecified atom stereocenters. The maximum Gasteiger partial charge on any atom is 0.353 e. The number of amides is 1. The Morgan fingerprint density at radius 2 is 2.19 bits per heavy atom. The molecule has 0 bridgehead atoms. The fourth-order valence-corrected chi connectivity index (χ4v) is 6.50. The first-order valence-corrected chi connectivity index (χ1v) is 11.0. The maximum atomic E-state index is 12.4. The van der Waals surface area contributed by atoms with Gasteiger partial charge in [-0.05, 0) is 13.3 Å². The molecule has 0 aromatic rings. The van der Waals surface area contributed by atoms with Gasteiger partial charge in [-0.2, -0.15) is 11.8 Å². The predicted molar refractivity (Wildman–Crippen MR) is 102 cm³/mol. The van der Waals surface area contributed by atoms with Crippen molar-refractivity contribution in [3.05, 3.63) is 10.6 Å². The number of hydrogen-bond donors (Lipinski definition) is 4. The summed E-state index contributed by atoms with van der Waals surface area (Å²) in [5.74, 6) is -0.295. The zero-order valence-corrected chi connectivity index (χ0v) is 16.6. The monoisotopic (exact) mass is 402 g/mol. The fraction of sp³-hybridized carbons (Fsp3) is 0.765. The number of nitrogens with zero attached hydrogens (tertiary/aromatic N) is 1. The Labute approximate surface area is 161 Å². The SMILES string of the molecule is C[C@@H](O)[C@H]1C(=O)N2C(C(=O)O)=C(S[C@@H]3CN[C@H](CSCCO)C3)[C@H](C)[C@H]12. The molecule has 0 aromatic heterocycles. The predicted octanol–water partition coefficient (Wildman–Crippen LogP) is 0.329. The summed E-state index contributed by atoms with van der Waals surface area (Å²) in [6, 6.07) is 0.111. The summed E-state index contributed by atoms with van der Waals surface area (Å²) in [4.78, 5) is 26.3. The molecule has 7 nitrogen and oxygen atoms in total. The molecule has 6 atom stereocenters. The van der Waals surface area contributed by atoms with Crippen molar-refractivity contribution in [2.75, 3.05) is 24.7 Å². The van der Waals surface area contributed by atoms with Gasteiger partial charge in [-0.25, -0.2) is 4.79 Å². The largest absolute Gasteiger partial charge is 0.477 e. The Morgan fingerprint density at radius 3 is 2.81 bits per heavy atom. The summed E-state index contributed by atoms with van der Waals surface area (Å²) in [7, 11) is 0. The first kappa shape index (κ1) is 20.0. The number of aliphatic hydroxyl groups excluding tert-OH is 2. The number of thioether (sulfide) groups is 2. The van der Waals surface area contributed by atoms with Crippen LogP contribution in [-0.2, 0) is 9.59 Å². The van der Waals surface area contributed by atoms with Gasteiger partial charge in [0.05, 0.1) is 24.7 Å². The smallest absolute Gasteiger partial charge is 0.353 e. The van der Waals surface area contributed by atoms with Crippen LogP contribution < -0.4 is 5.32 Å². The summed E-state index contributed by atoms with van der Waals surface area (Å²) in [5.41, 5.74) is 0.104. The van der Waals surface area contributed by atoms with Crippen LogP contribution in [0.2, 0.25) is 0 Å². The lowest BCUT2D eigenvalue weighted by Crippen LogP contribution is -2.63. The number of aliphatic hydroxyl groups is 2. The Bertz CT molecular complexity index is 612. The van der Waals surface area contributed by atoms with Crippen molar-refractivity contribution in [2.24, 2.45) is 11.8 Å². The number of carboxylic acid groups (broad SMARTS) is 1. The van der Waals surface area contributed by atoms with Crippen LogP contribution in [0.25, 0.3) is 0 Å². The number of carbonyl (C=O) groups is 2. The molecule has 0 aromatic carbocycles. The van der Waals surface area contributed by atoms with Crippen molar-refractivity contribution in [2.45, 2.75) is 43.7 Å². The molecule has 3 aliphatic heterocycles. The van der Waals surface area contributed by atoms with E-state index < -0.39 is 18.0 Å². The van der Waals surface area contributed by atoms with Crippen LogP contribution in [0.15, 0.2) is 10.6 Å². The van der Waals surface area contributed by atoms with Gasteiger partial charge in [-0.1, -0.05) is 6.92 Å². The third-order valence-corrected chi connectivity index (χ3v) is 7.96. The number of aliphatic carboxylic acids is 1. The number of fused-ring (bicyclic) bond motifs is 1. The van der Waals surface area contributed by atoms with Gasteiger partial charge in [0.2, 0.25) is 5.91 Å². The van der Waals surface area contributed by atoms with Crippen LogP contribution in [0, 0.1) is 11.8 Å². The highest BCUT2D eigenvalue weighted by Gasteiger charge is 2.60. The highest BCUT2D eigenvalue weighted by atomic mass is 32.2. The minimum Gasteiger partial charge on any atom is -0.477 e. The lowest BCUT2D eigenvalue weighted by atomic mass is 9.79. The normalized spacial score (nSPS) is 34.8. The molecule has 0 aliphatic carbocycles. The van der Waals surface area contributed by atoms with Gasteiger partial charge in [0.25, 0.3) is 0 Å². The molecule has 2 fully saturated rings. The number of β-lactam (4-membered cyclic amide) rings is 1. The molecule has 3 rings (SSSR count). The Morgan fingerprint density at radius 1 is 1.46 bits per heavy atom. The Kier molecular flexibility index (Phi) is 6.23. The van der Waals surface area contributed by atoms with E-state index in [0.29, 0.717) is 6.04 Å². The average molecular weight is 403 g/mol. The van der Waals surface area contributed by atoms with Gasteiger partial charge in [-0.3, -0.25) is 4.79 Å². The van der Waals surface area contributed by atoms with E-state index >= 15 is 0 Å². The average Bonchev–Trinajstić information content (AvgIpc) is 3.10. The molecule has 3 heterocycles. The standard InChI is InChI=1S/C17H26N2O5S2/c1-8-13-12(9(2)21)16(22)19(13)14(17(23)24)15(8)26-11-5-10(18-6-11)7-25-4-3-20/h8-13,18,20-21H,3-7H2,1-2H3,(H,23,24)/t8-,9-,10+,11+,12-,13-/m1/s1. The molecule has 4 N–H and O–H groups in total. The van der Waals surface area contributed by atoms with Crippen LogP contribution >= 0.6 is 23.5 Å². The molecule has 3 aliphatic rings. The first-order chi connectivity index (χ1) is 12.4. The van der Waals surface area contributed by atoms with E-state index in [1.54, 1.807) is 30.4 Å². The number of nitrogens with one attached hydrogen (secondary N) is 1. The van der Waals surface area contributed by atoms with Crippen LogP contribution in [0.5, 0.6) is 0 Å². The van der Waals surface area contributed by atoms with Gasteiger partial charge in [0.1, 0.15) is 5.70 Å². The van der Waals surface area contributed by atoms with Crippen LogP contribution in [-0.4, -0.2) is 80.2 Å². The lowest BCUT2D eigenvalue weighted by Gasteiger charge is -2.46. The highest BCUT2D eigenvalue weighted by Crippen LogP contribution is 2.51. The fourth-order valence-electron chi connectivity index (χ4n) is 4.15. The lowest BCUT2D eigenvalue weighted by molar-refractivity contribution is -0.163. The van der Waals surface area contributed by atoms with E-state index in [1.807, 2.05) is 6.92 Å². The minimum absolute atomic E-state index is 0.0776. The third-order valence-electron chi connectivity index (χ3n) is 5.34. The number of hydrogen-bond acceptors (Lipinski definition) is 7. The van der Waals surface area contributed by atoms with E-state index in [9.17, 15) is 19.8 Å². The van der Waals surface area contributed by atoms with Crippen LogP contribution in [0.4, 0.5) is 0 Å².